The lowest BCUT2D eigenvalue weighted by atomic mass is 10.2. The molecule has 1 aliphatic rings. The molecule has 0 aliphatic carbocycles. The smallest absolute Gasteiger partial charge is 0.220 e. The van der Waals surface area contributed by atoms with Crippen molar-refractivity contribution >= 4 is 11.8 Å². The van der Waals surface area contributed by atoms with E-state index in [2.05, 4.69) is 22.1 Å². The van der Waals surface area contributed by atoms with Crippen LogP contribution in [0, 0.1) is 5.95 Å². The number of unbranched alkanes of at least 4 members (excludes halogenated alkanes) is 1. The molecule has 2 rings (SSSR count). The van der Waals surface area contributed by atoms with Gasteiger partial charge >= 0.3 is 0 Å². The van der Waals surface area contributed by atoms with Crippen molar-refractivity contribution in [2.45, 2.75) is 26.2 Å². The summed E-state index contributed by atoms with van der Waals surface area (Å²) in [5.74, 6) is -0.385. The van der Waals surface area contributed by atoms with Crippen LogP contribution in [0.25, 0.3) is 6.08 Å². The van der Waals surface area contributed by atoms with Crippen molar-refractivity contribution < 1.29 is 4.39 Å². The van der Waals surface area contributed by atoms with Gasteiger partial charge < -0.3 is 10.2 Å². The Bertz CT molecular complexity index is 423. The molecule has 0 saturated carbocycles. The van der Waals surface area contributed by atoms with Gasteiger partial charge in [0.1, 0.15) is 0 Å². The van der Waals surface area contributed by atoms with E-state index in [-0.39, 0.29) is 5.95 Å². The van der Waals surface area contributed by atoms with E-state index in [1.54, 1.807) is 6.20 Å². The minimum Gasteiger partial charge on any atom is -0.369 e. The Hall–Kier alpha value is -1.42. The summed E-state index contributed by atoms with van der Waals surface area (Å²) >= 11 is 0. The molecular formula is C15H22FN3. The lowest BCUT2D eigenvalue weighted by Crippen LogP contribution is -2.28. The summed E-state index contributed by atoms with van der Waals surface area (Å²) in [6.45, 7) is 6.08. The fourth-order valence-electron chi connectivity index (χ4n) is 2.22. The Morgan fingerprint density at radius 1 is 1.42 bits per heavy atom. The number of anilines is 1. The molecule has 1 aliphatic heterocycles. The van der Waals surface area contributed by atoms with Crippen LogP contribution in [0.5, 0.6) is 0 Å². The van der Waals surface area contributed by atoms with E-state index in [1.165, 1.54) is 0 Å². The number of rotatable bonds is 4. The van der Waals surface area contributed by atoms with Crippen LogP contribution in [-0.4, -0.2) is 31.2 Å². The number of pyridine rings is 1. The van der Waals surface area contributed by atoms with E-state index in [9.17, 15) is 4.39 Å². The summed E-state index contributed by atoms with van der Waals surface area (Å²) in [6.07, 6.45) is 8.63. The SMILES string of the molecule is CCC/C=C/c1cc(N2CCCNCC2)cnc1F. The lowest BCUT2D eigenvalue weighted by molar-refractivity contribution is 0.580. The van der Waals surface area contributed by atoms with Crippen molar-refractivity contribution in [3.05, 3.63) is 29.9 Å². The number of halogens is 1. The first-order valence-corrected chi connectivity index (χ1v) is 7.09. The number of nitrogens with one attached hydrogen (secondary N) is 1. The van der Waals surface area contributed by atoms with E-state index in [1.807, 2.05) is 18.2 Å². The molecule has 0 unspecified atom stereocenters. The summed E-state index contributed by atoms with van der Waals surface area (Å²) < 4.78 is 13.7. The predicted octanol–water partition coefficient (Wildman–Crippen LogP) is 2.83. The van der Waals surface area contributed by atoms with Crippen LogP contribution in [0.15, 0.2) is 18.3 Å². The Balaban J connectivity index is 2.14. The first-order chi connectivity index (χ1) is 9.31. The van der Waals surface area contributed by atoms with E-state index < -0.39 is 0 Å². The van der Waals surface area contributed by atoms with Crippen LogP contribution < -0.4 is 10.2 Å². The topological polar surface area (TPSA) is 28.2 Å². The fourth-order valence-corrected chi connectivity index (χ4v) is 2.22. The number of allylic oxidation sites excluding steroid dienone is 1. The molecule has 3 nitrogen and oxygen atoms in total. The van der Waals surface area contributed by atoms with E-state index in [0.29, 0.717) is 5.56 Å². The second-order valence-corrected chi connectivity index (χ2v) is 4.86. The molecule has 0 aromatic carbocycles. The van der Waals surface area contributed by atoms with Crippen LogP contribution in [0.3, 0.4) is 0 Å². The molecule has 19 heavy (non-hydrogen) atoms. The van der Waals surface area contributed by atoms with Gasteiger partial charge in [0, 0.05) is 25.2 Å². The molecule has 1 N–H and O–H groups in total. The lowest BCUT2D eigenvalue weighted by Gasteiger charge is -2.22. The van der Waals surface area contributed by atoms with E-state index in [0.717, 1.165) is 51.1 Å². The summed E-state index contributed by atoms with van der Waals surface area (Å²) in [5, 5.41) is 3.36. The molecule has 2 heterocycles. The number of nitrogens with zero attached hydrogens (tertiary/aromatic N) is 2. The Morgan fingerprint density at radius 3 is 3.16 bits per heavy atom. The molecule has 1 saturated heterocycles. The van der Waals surface area contributed by atoms with Crippen molar-refractivity contribution in [3.63, 3.8) is 0 Å². The molecule has 0 bridgehead atoms. The standard InChI is InChI=1S/C15H22FN3/c1-2-3-4-6-13-11-14(12-18-15(13)16)19-9-5-7-17-8-10-19/h4,6,11-12,17H,2-3,5,7-10H2,1H3/b6-4+. The average Bonchev–Trinajstić information content (AvgIpc) is 2.70. The van der Waals surface area contributed by atoms with Crippen LogP contribution in [0.1, 0.15) is 31.7 Å². The first-order valence-electron chi connectivity index (χ1n) is 7.09. The maximum absolute atomic E-state index is 13.7. The minimum atomic E-state index is -0.385. The number of hydrogen-bond acceptors (Lipinski definition) is 3. The summed E-state index contributed by atoms with van der Waals surface area (Å²) in [6, 6.07) is 1.90. The third kappa shape index (κ3) is 4.03. The zero-order valence-corrected chi connectivity index (χ0v) is 11.5. The fraction of sp³-hybridized carbons (Fsp3) is 0.533. The van der Waals surface area contributed by atoms with Crippen molar-refractivity contribution in [3.8, 4) is 0 Å². The summed E-state index contributed by atoms with van der Waals surface area (Å²) in [5.41, 5.74) is 1.60. The van der Waals surface area contributed by atoms with Crippen molar-refractivity contribution in [2.24, 2.45) is 0 Å². The minimum absolute atomic E-state index is 0.385. The molecule has 0 spiro atoms. The Morgan fingerprint density at radius 2 is 2.32 bits per heavy atom. The van der Waals surface area contributed by atoms with Gasteiger partial charge in [-0.3, -0.25) is 0 Å². The molecule has 1 aromatic heterocycles. The quantitative estimate of drug-likeness (QED) is 0.847. The van der Waals surface area contributed by atoms with Gasteiger partial charge in [-0.2, -0.15) is 4.39 Å². The van der Waals surface area contributed by atoms with Gasteiger partial charge in [0.05, 0.1) is 11.9 Å². The molecule has 4 heteroatoms. The highest BCUT2D eigenvalue weighted by Crippen LogP contribution is 2.19. The first kappa shape index (κ1) is 14.0. The summed E-state index contributed by atoms with van der Waals surface area (Å²) in [7, 11) is 0. The molecular weight excluding hydrogens is 241 g/mol. The van der Waals surface area contributed by atoms with E-state index in [4.69, 9.17) is 0 Å². The Labute approximate surface area is 114 Å². The molecule has 1 fully saturated rings. The van der Waals surface area contributed by atoms with Gasteiger partial charge in [0.25, 0.3) is 0 Å². The highest BCUT2D eigenvalue weighted by molar-refractivity contribution is 5.57. The van der Waals surface area contributed by atoms with Crippen LogP contribution in [-0.2, 0) is 0 Å². The van der Waals surface area contributed by atoms with Crippen LogP contribution in [0.4, 0.5) is 10.1 Å². The van der Waals surface area contributed by atoms with Gasteiger partial charge in [-0.25, -0.2) is 4.98 Å². The molecule has 0 radical (unpaired) electrons. The highest BCUT2D eigenvalue weighted by atomic mass is 19.1. The zero-order chi connectivity index (χ0) is 13.5. The van der Waals surface area contributed by atoms with Crippen molar-refractivity contribution in [2.75, 3.05) is 31.1 Å². The Kier molecular flexibility index (Phi) is 5.33. The van der Waals surface area contributed by atoms with Crippen LogP contribution in [0.2, 0.25) is 0 Å². The molecule has 0 amide bonds. The number of aromatic nitrogens is 1. The maximum Gasteiger partial charge on any atom is 0.220 e. The van der Waals surface area contributed by atoms with Gasteiger partial charge in [-0.1, -0.05) is 25.5 Å². The van der Waals surface area contributed by atoms with Crippen LogP contribution >= 0.6 is 0 Å². The van der Waals surface area contributed by atoms with Gasteiger partial charge in [0.15, 0.2) is 0 Å². The van der Waals surface area contributed by atoms with E-state index >= 15 is 0 Å². The monoisotopic (exact) mass is 263 g/mol. The third-order valence-electron chi connectivity index (χ3n) is 3.31. The van der Waals surface area contributed by atoms with Gasteiger partial charge in [0.2, 0.25) is 5.95 Å². The second-order valence-electron chi connectivity index (χ2n) is 4.86. The number of hydrogen-bond donors (Lipinski definition) is 1. The zero-order valence-electron chi connectivity index (χ0n) is 11.5. The molecule has 0 atom stereocenters. The average molecular weight is 263 g/mol. The third-order valence-corrected chi connectivity index (χ3v) is 3.31. The predicted molar refractivity (Wildman–Crippen MR) is 77.8 cm³/mol. The van der Waals surface area contributed by atoms with Crippen molar-refractivity contribution in [1.82, 2.24) is 10.3 Å². The van der Waals surface area contributed by atoms with Gasteiger partial charge in [-0.05, 0) is 25.5 Å². The second kappa shape index (κ2) is 7.24. The highest BCUT2D eigenvalue weighted by Gasteiger charge is 2.11. The molecule has 1 aromatic rings. The molecule has 104 valence electrons. The van der Waals surface area contributed by atoms with Gasteiger partial charge in [-0.15, -0.1) is 0 Å². The maximum atomic E-state index is 13.7. The summed E-state index contributed by atoms with van der Waals surface area (Å²) in [4.78, 5) is 6.15. The largest absolute Gasteiger partial charge is 0.369 e. The normalized spacial score (nSPS) is 16.8. The van der Waals surface area contributed by atoms with Crippen molar-refractivity contribution in [1.29, 1.82) is 0 Å².